The number of carbonyl (C=O) groups is 1. The molecule has 0 bridgehead atoms. The maximum Gasteiger partial charge on any atom is 0.417 e. The molecule has 0 saturated heterocycles. The lowest BCUT2D eigenvalue weighted by molar-refractivity contribution is -0.157. The first-order valence-electron chi connectivity index (χ1n) is 10.4. The molecule has 170 valence electrons. The van der Waals surface area contributed by atoms with Crippen LogP contribution in [0.4, 0.5) is 13.2 Å². The van der Waals surface area contributed by atoms with Gasteiger partial charge in [0.05, 0.1) is 5.56 Å². The van der Waals surface area contributed by atoms with Gasteiger partial charge in [0.2, 0.25) is 5.88 Å². The summed E-state index contributed by atoms with van der Waals surface area (Å²) in [4.78, 5) is 16.0. The topological polar surface area (TPSA) is 57.7 Å². The van der Waals surface area contributed by atoms with Crippen LogP contribution in [0.2, 0.25) is 0 Å². The average Bonchev–Trinajstić information content (AvgIpc) is 2.74. The van der Waals surface area contributed by atoms with Gasteiger partial charge in [0.25, 0.3) is 0 Å². The molecule has 0 radical (unpaired) electrons. The van der Waals surface area contributed by atoms with Gasteiger partial charge < -0.3 is 14.2 Å². The zero-order valence-corrected chi connectivity index (χ0v) is 17.9. The van der Waals surface area contributed by atoms with Crippen molar-refractivity contribution in [3.63, 3.8) is 0 Å². The van der Waals surface area contributed by atoms with E-state index in [1.54, 1.807) is 31.2 Å². The molecule has 0 fully saturated rings. The van der Waals surface area contributed by atoms with E-state index in [0.717, 1.165) is 44.2 Å². The van der Waals surface area contributed by atoms with Gasteiger partial charge in [0, 0.05) is 12.3 Å². The summed E-state index contributed by atoms with van der Waals surface area (Å²) in [6, 6.07) is 8.40. The quantitative estimate of drug-likeness (QED) is 0.293. The Morgan fingerprint density at radius 2 is 1.71 bits per heavy atom. The van der Waals surface area contributed by atoms with Gasteiger partial charge >= 0.3 is 12.1 Å². The molecular weight excluding hydrogens is 411 g/mol. The van der Waals surface area contributed by atoms with Crippen molar-refractivity contribution >= 4 is 5.97 Å². The lowest BCUT2D eigenvalue weighted by Gasteiger charge is -2.20. The van der Waals surface area contributed by atoms with Crippen LogP contribution in [-0.4, -0.2) is 23.2 Å². The number of alkyl halides is 3. The third-order valence-corrected chi connectivity index (χ3v) is 4.62. The number of benzene rings is 1. The molecule has 0 saturated carbocycles. The van der Waals surface area contributed by atoms with E-state index in [4.69, 9.17) is 14.2 Å². The van der Waals surface area contributed by atoms with Gasteiger partial charge in [0.1, 0.15) is 17.6 Å². The summed E-state index contributed by atoms with van der Waals surface area (Å²) in [5, 5.41) is 0. The number of unbranched alkanes of at least 4 members (excludes halogenated alkanes) is 2. The highest BCUT2D eigenvalue weighted by atomic mass is 19.4. The van der Waals surface area contributed by atoms with Crippen molar-refractivity contribution in [3.05, 3.63) is 48.2 Å². The Morgan fingerprint density at radius 3 is 2.26 bits per heavy atom. The van der Waals surface area contributed by atoms with Crippen molar-refractivity contribution in [1.82, 2.24) is 4.98 Å². The molecule has 0 spiro atoms. The van der Waals surface area contributed by atoms with Gasteiger partial charge in [-0.1, -0.05) is 26.7 Å². The van der Waals surface area contributed by atoms with Crippen LogP contribution in [-0.2, 0) is 15.7 Å². The molecule has 0 amide bonds. The zero-order chi connectivity index (χ0) is 22.9. The predicted octanol–water partition coefficient (Wildman–Crippen LogP) is 6.56. The van der Waals surface area contributed by atoms with E-state index in [1.165, 1.54) is 0 Å². The minimum absolute atomic E-state index is 0.0345. The molecule has 5 nitrogen and oxygen atoms in total. The van der Waals surface area contributed by atoms with Crippen LogP contribution < -0.4 is 9.47 Å². The summed E-state index contributed by atoms with van der Waals surface area (Å²) >= 11 is 0. The predicted molar refractivity (Wildman–Crippen MR) is 110 cm³/mol. The Morgan fingerprint density at radius 1 is 1.03 bits per heavy atom. The van der Waals surface area contributed by atoms with Crippen LogP contribution in [0.5, 0.6) is 17.4 Å². The number of esters is 1. The number of aromatic nitrogens is 1. The van der Waals surface area contributed by atoms with E-state index in [1.807, 2.05) is 6.92 Å². The van der Waals surface area contributed by atoms with Crippen LogP contribution in [0.15, 0.2) is 42.6 Å². The number of pyridine rings is 1. The van der Waals surface area contributed by atoms with Gasteiger partial charge in [-0.25, -0.2) is 9.78 Å². The molecular formula is C23H28F3NO4. The summed E-state index contributed by atoms with van der Waals surface area (Å²) in [5.74, 6) is 0.429. The SMILES string of the molecule is CCCCCC(CC)OC(=O)C(C)Oc1ccc(Oc2ccc(C(F)(F)F)cn2)cc1. The molecule has 0 aliphatic rings. The van der Waals surface area contributed by atoms with Crippen molar-refractivity contribution in [2.45, 2.75) is 71.3 Å². The smallest absolute Gasteiger partial charge is 0.417 e. The Hall–Kier alpha value is -2.77. The monoisotopic (exact) mass is 439 g/mol. The van der Waals surface area contributed by atoms with Gasteiger partial charge in [-0.05, 0) is 56.5 Å². The van der Waals surface area contributed by atoms with Crippen molar-refractivity contribution in [3.8, 4) is 17.4 Å². The molecule has 2 rings (SSSR count). The van der Waals surface area contributed by atoms with Gasteiger partial charge in [-0.2, -0.15) is 13.2 Å². The molecule has 2 atom stereocenters. The van der Waals surface area contributed by atoms with E-state index < -0.39 is 23.8 Å². The fourth-order valence-corrected chi connectivity index (χ4v) is 2.80. The van der Waals surface area contributed by atoms with Crippen molar-refractivity contribution in [2.24, 2.45) is 0 Å². The second kappa shape index (κ2) is 11.6. The second-order valence-corrected chi connectivity index (χ2v) is 7.18. The number of rotatable bonds is 11. The highest BCUT2D eigenvalue weighted by Crippen LogP contribution is 2.30. The van der Waals surface area contributed by atoms with E-state index in [0.29, 0.717) is 17.7 Å². The fraction of sp³-hybridized carbons (Fsp3) is 0.478. The Kier molecular flexibility index (Phi) is 9.15. The highest BCUT2D eigenvalue weighted by molar-refractivity contribution is 5.74. The number of nitrogens with zero attached hydrogens (tertiary/aromatic N) is 1. The van der Waals surface area contributed by atoms with Crippen LogP contribution >= 0.6 is 0 Å². The first kappa shape index (κ1) is 24.5. The standard InChI is InChI=1S/C23H28F3NO4/c1-4-6-7-8-18(5-2)31-22(28)16(3)29-19-10-12-20(13-11-19)30-21-14-9-17(15-27-21)23(24,25)26/h9-16,18H,4-8H2,1-3H3. The number of carbonyl (C=O) groups excluding carboxylic acids is 1. The average molecular weight is 439 g/mol. The Bertz CT molecular complexity index is 807. The van der Waals surface area contributed by atoms with Crippen LogP contribution in [0.25, 0.3) is 0 Å². The minimum atomic E-state index is -4.45. The highest BCUT2D eigenvalue weighted by Gasteiger charge is 2.30. The first-order valence-corrected chi connectivity index (χ1v) is 10.4. The number of hydrogen-bond donors (Lipinski definition) is 0. The summed E-state index contributed by atoms with van der Waals surface area (Å²) in [6.45, 7) is 5.73. The summed E-state index contributed by atoms with van der Waals surface area (Å²) in [7, 11) is 0. The van der Waals surface area contributed by atoms with Crippen molar-refractivity contribution in [1.29, 1.82) is 0 Å². The fourth-order valence-electron chi connectivity index (χ4n) is 2.80. The van der Waals surface area contributed by atoms with Gasteiger partial charge in [0.15, 0.2) is 6.10 Å². The van der Waals surface area contributed by atoms with E-state index in [-0.39, 0.29) is 12.0 Å². The summed E-state index contributed by atoms with van der Waals surface area (Å²) in [6.07, 6.45) is 0.211. The van der Waals surface area contributed by atoms with E-state index >= 15 is 0 Å². The maximum absolute atomic E-state index is 12.6. The largest absolute Gasteiger partial charge is 0.479 e. The third kappa shape index (κ3) is 8.11. The molecule has 8 heteroatoms. The third-order valence-electron chi connectivity index (χ3n) is 4.62. The van der Waals surface area contributed by atoms with E-state index in [2.05, 4.69) is 11.9 Å². The van der Waals surface area contributed by atoms with Gasteiger partial charge in [-0.15, -0.1) is 0 Å². The summed E-state index contributed by atoms with van der Waals surface area (Å²) < 4.78 is 54.4. The summed E-state index contributed by atoms with van der Waals surface area (Å²) in [5.41, 5.74) is -0.847. The molecule has 2 unspecified atom stereocenters. The number of ether oxygens (including phenoxy) is 3. The van der Waals surface area contributed by atoms with Crippen molar-refractivity contribution < 1.29 is 32.2 Å². The minimum Gasteiger partial charge on any atom is -0.479 e. The first-order chi connectivity index (χ1) is 14.7. The molecule has 2 aromatic rings. The van der Waals surface area contributed by atoms with Gasteiger partial charge in [-0.3, -0.25) is 0 Å². The normalized spacial score (nSPS) is 13.4. The van der Waals surface area contributed by atoms with Crippen LogP contribution in [0, 0.1) is 0 Å². The van der Waals surface area contributed by atoms with E-state index in [9.17, 15) is 18.0 Å². The lowest BCUT2D eigenvalue weighted by atomic mass is 10.1. The molecule has 31 heavy (non-hydrogen) atoms. The van der Waals surface area contributed by atoms with Crippen LogP contribution in [0.1, 0.15) is 58.4 Å². The molecule has 0 aliphatic carbocycles. The molecule has 1 aromatic carbocycles. The second-order valence-electron chi connectivity index (χ2n) is 7.18. The van der Waals surface area contributed by atoms with Crippen LogP contribution in [0.3, 0.4) is 0 Å². The Balaban J connectivity index is 1.87. The lowest BCUT2D eigenvalue weighted by Crippen LogP contribution is -2.30. The maximum atomic E-state index is 12.6. The molecule has 0 aliphatic heterocycles. The number of hydrogen-bond acceptors (Lipinski definition) is 5. The van der Waals surface area contributed by atoms with Crippen molar-refractivity contribution in [2.75, 3.05) is 0 Å². The zero-order valence-electron chi connectivity index (χ0n) is 17.9. The molecule has 1 heterocycles. The molecule has 1 aromatic heterocycles. The number of halogens is 3. The Labute approximate surface area is 180 Å². The molecule has 0 N–H and O–H groups in total.